The zero-order chi connectivity index (χ0) is 13.0. The number of ether oxygens (including phenoxy) is 2. The highest BCUT2D eigenvalue weighted by Gasteiger charge is 2.20. The molecule has 0 saturated carbocycles. The maximum absolute atomic E-state index is 12.7. The number of alkyl halides is 2. The van der Waals surface area contributed by atoms with Crippen LogP contribution in [-0.2, 0) is 16.0 Å². The summed E-state index contributed by atoms with van der Waals surface area (Å²) in [6, 6.07) is 1.19. The number of carbonyl (C=O) groups is 1. The molecular formula is C10H10BrF2NO3. The number of methoxy groups -OCH3 is 2. The topological polar surface area (TPSA) is 48.4 Å². The normalized spacial score (nSPS) is 10.5. The lowest BCUT2D eigenvalue weighted by molar-refractivity contribution is -0.139. The quantitative estimate of drug-likeness (QED) is 0.802. The van der Waals surface area contributed by atoms with Crippen LogP contribution in [0.5, 0.6) is 5.88 Å². The molecule has 94 valence electrons. The predicted octanol–water partition coefficient (Wildman–Crippen LogP) is 2.51. The van der Waals surface area contributed by atoms with Crippen LogP contribution in [-0.4, -0.2) is 25.2 Å². The summed E-state index contributed by atoms with van der Waals surface area (Å²) >= 11 is 3.06. The third kappa shape index (κ3) is 3.36. The van der Waals surface area contributed by atoms with Gasteiger partial charge >= 0.3 is 5.97 Å². The summed E-state index contributed by atoms with van der Waals surface area (Å²) in [4.78, 5) is 14.9. The third-order valence-corrected chi connectivity index (χ3v) is 2.59. The van der Waals surface area contributed by atoms with Crippen LogP contribution >= 0.6 is 15.9 Å². The van der Waals surface area contributed by atoms with Gasteiger partial charge in [-0.2, -0.15) is 0 Å². The van der Waals surface area contributed by atoms with Crippen LogP contribution < -0.4 is 4.74 Å². The fourth-order valence-electron chi connectivity index (χ4n) is 1.20. The Kier molecular flexibility index (Phi) is 4.80. The largest absolute Gasteiger partial charge is 0.480 e. The molecule has 0 radical (unpaired) electrons. The van der Waals surface area contributed by atoms with E-state index in [0.717, 1.165) is 0 Å². The van der Waals surface area contributed by atoms with E-state index in [1.165, 1.54) is 20.3 Å². The Morgan fingerprint density at radius 3 is 2.65 bits per heavy atom. The lowest BCUT2D eigenvalue weighted by Gasteiger charge is -2.10. The molecule has 0 atom stereocenters. The van der Waals surface area contributed by atoms with Gasteiger partial charge in [-0.15, -0.1) is 0 Å². The van der Waals surface area contributed by atoms with Gasteiger partial charge in [-0.1, -0.05) is 0 Å². The third-order valence-electron chi connectivity index (χ3n) is 2.02. The van der Waals surface area contributed by atoms with Crippen molar-refractivity contribution in [1.82, 2.24) is 4.98 Å². The SMILES string of the molecule is COC(=O)Cc1nc(OC)c(Br)cc1C(F)F. The van der Waals surface area contributed by atoms with Gasteiger partial charge in [0.15, 0.2) is 0 Å². The highest BCUT2D eigenvalue weighted by atomic mass is 79.9. The molecule has 4 nitrogen and oxygen atoms in total. The van der Waals surface area contributed by atoms with E-state index >= 15 is 0 Å². The minimum atomic E-state index is -2.72. The number of halogens is 3. The first-order valence-electron chi connectivity index (χ1n) is 4.57. The number of nitrogens with zero attached hydrogens (tertiary/aromatic N) is 1. The Balaban J connectivity index is 3.19. The zero-order valence-corrected chi connectivity index (χ0v) is 10.8. The molecule has 0 aliphatic rings. The van der Waals surface area contributed by atoms with Crippen LogP contribution in [0.15, 0.2) is 10.5 Å². The Morgan fingerprint density at radius 1 is 1.53 bits per heavy atom. The van der Waals surface area contributed by atoms with Crippen molar-refractivity contribution in [3.05, 3.63) is 21.8 Å². The summed E-state index contributed by atoms with van der Waals surface area (Å²) < 4.78 is 35.1. The van der Waals surface area contributed by atoms with Crippen LogP contribution in [0.3, 0.4) is 0 Å². The number of hydrogen-bond acceptors (Lipinski definition) is 4. The van der Waals surface area contributed by atoms with Crippen molar-refractivity contribution in [2.24, 2.45) is 0 Å². The number of pyridine rings is 1. The number of aromatic nitrogens is 1. The molecule has 17 heavy (non-hydrogen) atoms. The minimum absolute atomic E-state index is 0.0492. The van der Waals surface area contributed by atoms with Crippen LogP contribution in [0.2, 0.25) is 0 Å². The summed E-state index contributed by atoms with van der Waals surface area (Å²) in [5.74, 6) is -0.489. The fourth-order valence-corrected chi connectivity index (χ4v) is 1.70. The molecule has 0 fully saturated rings. The van der Waals surface area contributed by atoms with Gasteiger partial charge in [-0.05, 0) is 22.0 Å². The van der Waals surface area contributed by atoms with Gasteiger partial charge in [-0.25, -0.2) is 13.8 Å². The van der Waals surface area contributed by atoms with Gasteiger partial charge in [0.25, 0.3) is 6.43 Å². The smallest absolute Gasteiger partial charge is 0.311 e. The van der Waals surface area contributed by atoms with E-state index in [-0.39, 0.29) is 23.6 Å². The molecule has 7 heteroatoms. The molecule has 0 amide bonds. The summed E-state index contributed by atoms with van der Waals surface area (Å²) in [7, 11) is 2.54. The summed E-state index contributed by atoms with van der Waals surface area (Å²) in [5, 5.41) is 0. The number of hydrogen-bond donors (Lipinski definition) is 0. The molecule has 0 aliphatic heterocycles. The van der Waals surface area contributed by atoms with Crippen molar-refractivity contribution in [2.75, 3.05) is 14.2 Å². The molecule has 1 aromatic rings. The molecule has 0 N–H and O–H groups in total. The molecule has 1 aromatic heterocycles. The molecule has 1 rings (SSSR count). The maximum atomic E-state index is 12.7. The van der Waals surface area contributed by atoms with E-state index in [1.807, 2.05) is 0 Å². The standard InChI is InChI=1S/C10H10BrF2NO3/c1-16-8(15)4-7-5(9(12)13)3-6(11)10(14-7)17-2/h3,9H,4H2,1-2H3. The summed E-state index contributed by atoms with van der Waals surface area (Å²) in [6.45, 7) is 0. The number of carbonyl (C=O) groups excluding carboxylic acids is 1. The van der Waals surface area contributed by atoms with Gasteiger partial charge in [0, 0.05) is 5.56 Å². The van der Waals surface area contributed by atoms with E-state index in [0.29, 0.717) is 4.47 Å². The second-order valence-corrected chi connectivity index (χ2v) is 3.92. The second kappa shape index (κ2) is 5.90. The van der Waals surface area contributed by atoms with Crippen LogP contribution in [0.4, 0.5) is 8.78 Å². The van der Waals surface area contributed by atoms with E-state index in [2.05, 4.69) is 25.7 Å². The molecule has 0 aromatic carbocycles. The summed E-state index contributed by atoms with van der Waals surface area (Å²) in [6.07, 6.45) is -3.04. The Morgan fingerprint density at radius 2 is 2.18 bits per heavy atom. The monoisotopic (exact) mass is 309 g/mol. The maximum Gasteiger partial charge on any atom is 0.311 e. The number of esters is 1. The first kappa shape index (κ1) is 13.8. The highest BCUT2D eigenvalue weighted by molar-refractivity contribution is 9.10. The first-order chi connectivity index (χ1) is 7.99. The van der Waals surface area contributed by atoms with Gasteiger partial charge in [0.2, 0.25) is 5.88 Å². The van der Waals surface area contributed by atoms with E-state index in [4.69, 9.17) is 4.74 Å². The lowest BCUT2D eigenvalue weighted by Crippen LogP contribution is -2.10. The molecule has 0 bridgehead atoms. The van der Waals surface area contributed by atoms with Gasteiger partial charge in [0.1, 0.15) is 0 Å². The van der Waals surface area contributed by atoms with Crippen LogP contribution in [0, 0.1) is 0 Å². The summed E-state index contributed by atoms with van der Waals surface area (Å²) in [5.41, 5.74) is -0.366. The van der Waals surface area contributed by atoms with Gasteiger partial charge < -0.3 is 9.47 Å². The van der Waals surface area contributed by atoms with Crippen molar-refractivity contribution in [3.63, 3.8) is 0 Å². The van der Waals surface area contributed by atoms with Crippen molar-refractivity contribution in [1.29, 1.82) is 0 Å². The minimum Gasteiger partial charge on any atom is -0.480 e. The molecule has 0 spiro atoms. The van der Waals surface area contributed by atoms with Crippen molar-refractivity contribution in [3.8, 4) is 5.88 Å². The lowest BCUT2D eigenvalue weighted by atomic mass is 10.1. The molecule has 0 aliphatic carbocycles. The molecule has 0 unspecified atom stereocenters. The zero-order valence-electron chi connectivity index (χ0n) is 9.17. The van der Waals surface area contributed by atoms with Crippen molar-refractivity contribution in [2.45, 2.75) is 12.8 Å². The predicted molar refractivity (Wildman–Crippen MR) is 59.2 cm³/mol. The van der Waals surface area contributed by atoms with Gasteiger partial charge in [-0.3, -0.25) is 4.79 Å². The van der Waals surface area contributed by atoms with Crippen LogP contribution in [0.1, 0.15) is 17.7 Å². The molecular weight excluding hydrogens is 300 g/mol. The van der Waals surface area contributed by atoms with Crippen LogP contribution in [0.25, 0.3) is 0 Å². The van der Waals surface area contributed by atoms with E-state index in [9.17, 15) is 13.6 Å². The first-order valence-corrected chi connectivity index (χ1v) is 5.37. The Labute approximate surface area is 105 Å². The molecule has 1 heterocycles. The second-order valence-electron chi connectivity index (χ2n) is 3.07. The molecule has 0 saturated heterocycles. The van der Waals surface area contributed by atoms with E-state index < -0.39 is 12.4 Å². The van der Waals surface area contributed by atoms with Crippen molar-refractivity contribution >= 4 is 21.9 Å². The average molecular weight is 310 g/mol. The Hall–Kier alpha value is -1.24. The number of rotatable bonds is 4. The highest BCUT2D eigenvalue weighted by Crippen LogP contribution is 2.30. The fraction of sp³-hybridized carbons (Fsp3) is 0.400. The Bertz CT molecular complexity index is 426. The average Bonchev–Trinajstić information content (AvgIpc) is 2.30. The van der Waals surface area contributed by atoms with Gasteiger partial charge in [0.05, 0.1) is 30.8 Å². The van der Waals surface area contributed by atoms with E-state index in [1.54, 1.807) is 0 Å². The van der Waals surface area contributed by atoms with Crippen molar-refractivity contribution < 1.29 is 23.0 Å².